The van der Waals surface area contributed by atoms with Crippen molar-refractivity contribution in [1.29, 1.82) is 0 Å². The Morgan fingerprint density at radius 2 is 1.88 bits per heavy atom. The van der Waals surface area contributed by atoms with Crippen molar-refractivity contribution in [2.45, 2.75) is 26.4 Å². The van der Waals surface area contributed by atoms with Crippen molar-refractivity contribution in [1.82, 2.24) is 5.48 Å². The number of carbonyl (C=O) groups is 1. The first-order valence-electron chi connectivity index (χ1n) is 4.73. The molecule has 0 aliphatic carbocycles. The summed E-state index contributed by atoms with van der Waals surface area (Å²) in [6, 6.07) is 4.64. The van der Waals surface area contributed by atoms with Gasteiger partial charge in [0.15, 0.2) is 0 Å². The standard InChI is InChI=1S/C11H13Cl2NO2/c1-11(2,3)16-14-10(15)7-4-5-8(12)9(13)6-7/h4-6H,1-3H3,(H,14,15). The lowest BCUT2D eigenvalue weighted by Crippen LogP contribution is -2.33. The van der Waals surface area contributed by atoms with Crippen LogP contribution in [0, 0.1) is 0 Å². The van der Waals surface area contributed by atoms with Crippen LogP contribution in [0.2, 0.25) is 10.0 Å². The first kappa shape index (κ1) is 13.3. The molecule has 1 amide bonds. The van der Waals surface area contributed by atoms with E-state index in [0.717, 1.165) is 0 Å². The lowest BCUT2D eigenvalue weighted by atomic mass is 10.2. The van der Waals surface area contributed by atoms with Crippen LogP contribution in [0.4, 0.5) is 0 Å². The smallest absolute Gasteiger partial charge is 0.268 e. The molecule has 1 aromatic rings. The van der Waals surface area contributed by atoms with Gasteiger partial charge in [-0.2, -0.15) is 0 Å². The van der Waals surface area contributed by atoms with Crippen LogP contribution in [0.25, 0.3) is 0 Å². The summed E-state index contributed by atoms with van der Waals surface area (Å²) in [6.45, 7) is 5.51. The fourth-order valence-corrected chi connectivity index (χ4v) is 1.19. The number of amides is 1. The van der Waals surface area contributed by atoms with E-state index in [1.165, 1.54) is 6.07 Å². The van der Waals surface area contributed by atoms with Gasteiger partial charge in [-0.05, 0) is 39.0 Å². The van der Waals surface area contributed by atoms with Crippen molar-refractivity contribution in [3.63, 3.8) is 0 Å². The highest BCUT2D eigenvalue weighted by molar-refractivity contribution is 6.42. The number of hydroxylamine groups is 1. The number of rotatable bonds is 2. The second-order valence-corrected chi connectivity index (χ2v) is 5.09. The van der Waals surface area contributed by atoms with Gasteiger partial charge < -0.3 is 0 Å². The summed E-state index contributed by atoms with van der Waals surface area (Å²) in [6.07, 6.45) is 0. The molecule has 0 aromatic heterocycles. The Morgan fingerprint density at radius 3 is 2.38 bits per heavy atom. The molecule has 0 aliphatic heterocycles. The maximum Gasteiger partial charge on any atom is 0.274 e. The number of hydrogen-bond donors (Lipinski definition) is 1. The number of hydrogen-bond acceptors (Lipinski definition) is 2. The Hall–Kier alpha value is -0.770. The SMILES string of the molecule is CC(C)(C)ONC(=O)c1ccc(Cl)c(Cl)c1. The molecule has 1 aromatic carbocycles. The molecule has 0 fully saturated rings. The van der Waals surface area contributed by atoms with Crippen LogP contribution in [-0.2, 0) is 4.84 Å². The Morgan fingerprint density at radius 1 is 1.25 bits per heavy atom. The highest BCUT2D eigenvalue weighted by Gasteiger charge is 2.14. The Bertz CT molecular complexity index is 399. The number of halogens is 2. The summed E-state index contributed by atoms with van der Waals surface area (Å²) in [4.78, 5) is 16.8. The molecule has 0 bridgehead atoms. The summed E-state index contributed by atoms with van der Waals surface area (Å²) in [5.74, 6) is -0.353. The average molecular weight is 262 g/mol. The molecule has 0 heterocycles. The van der Waals surface area contributed by atoms with E-state index in [0.29, 0.717) is 15.6 Å². The van der Waals surface area contributed by atoms with E-state index in [9.17, 15) is 4.79 Å². The molecule has 0 radical (unpaired) electrons. The topological polar surface area (TPSA) is 38.3 Å². The molecule has 0 saturated carbocycles. The summed E-state index contributed by atoms with van der Waals surface area (Å²) in [5, 5.41) is 0.750. The minimum absolute atomic E-state index is 0.338. The van der Waals surface area contributed by atoms with Crippen LogP contribution >= 0.6 is 23.2 Å². The summed E-state index contributed by atoms with van der Waals surface area (Å²) in [7, 11) is 0. The van der Waals surface area contributed by atoms with Crippen LogP contribution in [-0.4, -0.2) is 11.5 Å². The highest BCUT2D eigenvalue weighted by Crippen LogP contribution is 2.22. The summed E-state index contributed by atoms with van der Waals surface area (Å²) < 4.78 is 0. The van der Waals surface area contributed by atoms with E-state index in [1.54, 1.807) is 12.1 Å². The first-order chi connectivity index (χ1) is 7.29. The van der Waals surface area contributed by atoms with Gasteiger partial charge in [0.2, 0.25) is 0 Å². The number of benzene rings is 1. The van der Waals surface area contributed by atoms with Crippen LogP contribution < -0.4 is 5.48 Å². The summed E-state index contributed by atoms with van der Waals surface area (Å²) >= 11 is 11.5. The van der Waals surface area contributed by atoms with E-state index in [1.807, 2.05) is 20.8 Å². The molecular formula is C11H13Cl2NO2. The second kappa shape index (κ2) is 5.04. The van der Waals surface area contributed by atoms with Crippen molar-refractivity contribution >= 4 is 29.1 Å². The molecule has 16 heavy (non-hydrogen) atoms. The molecule has 0 atom stereocenters. The lowest BCUT2D eigenvalue weighted by molar-refractivity contribution is -0.0589. The third-order valence-electron chi connectivity index (χ3n) is 1.63. The molecular weight excluding hydrogens is 249 g/mol. The third-order valence-corrected chi connectivity index (χ3v) is 2.37. The van der Waals surface area contributed by atoms with Crippen LogP contribution in [0.15, 0.2) is 18.2 Å². The Kier molecular flexibility index (Phi) is 4.19. The van der Waals surface area contributed by atoms with Crippen LogP contribution in [0.3, 0.4) is 0 Å². The van der Waals surface area contributed by atoms with Gasteiger partial charge in [-0.15, -0.1) is 0 Å². The van der Waals surface area contributed by atoms with E-state index in [2.05, 4.69) is 5.48 Å². The van der Waals surface area contributed by atoms with Crippen molar-refractivity contribution in [2.75, 3.05) is 0 Å². The molecule has 88 valence electrons. The van der Waals surface area contributed by atoms with Crippen molar-refractivity contribution < 1.29 is 9.63 Å². The molecule has 0 aliphatic rings. The zero-order valence-electron chi connectivity index (χ0n) is 9.30. The van der Waals surface area contributed by atoms with Crippen LogP contribution in [0.5, 0.6) is 0 Å². The minimum Gasteiger partial charge on any atom is -0.268 e. The molecule has 0 unspecified atom stereocenters. The molecule has 1 rings (SSSR count). The largest absolute Gasteiger partial charge is 0.274 e. The maximum absolute atomic E-state index is 11.6. The average Bonchev–Trinajstić information content (AvgIpc) is 2.17. The van der Waals surface area contributed by atoms with Gasteiger partial charge >= 0.3 is 0 Å². The lowest BCUT2D eigenvalue weighted by Gasteiger charge is -2.18. The van der Waals surface area contributed by atoms with Gasteiger partial charge in [0.1, 0.15) is 0 Å². The van der Waals surface area contributed by atoms with Crippen molar-refractivity contribution in [3.8, 4) is 0 Å². The third kappa shape index (κ3) is 4.00. The van der Waals surface area contributed by atoms with Gasteiger partial charge in [0, 0.05) is 5.56 Å². The van der Waals surface area contributed by atoms with Crippen molar-refractivity contribution in [3.05, 3.63) is 33.8 Å². The highest BCUT2D eigenvalue weighted by atomic mass is 35.5. The maximum atomic E-state index is 11.6. The molecule has 1 N–H and O–H groups in total. The van der Waals surface area contributed by atoms with E-state index < -0.39 is 5.60 Å². The first-order valence-corrected chi connectivity index (χ1v) is 5.48. The van der Waals surface area contributed by atoms with Gasteiger partial charge in [0.25, 0.3) is 5.91 Å². The predicted molar refractivity (Wildman–Crippen MR) is 64.8 cm³/mol. The minimum atomic E-state index is -0.439. The fourth-order valence-electron chi connectivity index (χ4n) is 0.896. The van der Waals surface area contributed by atoms with Gasteiger partial charge in [-0.1, -0.05) is 23.2 Å². The van der Waals surface area contributed by atoms with Gasteiger partial charge in [0.05, 0.1) is 15.6 Å². The second-order valence-electron chi connectivity index (χ2n) is 4.27. The zero-order chi connectivity index (χ0) is 12.3. The molecule has 3 nitrogen and oxygen atoms in total. The number of nitrogens with one attached hydrogen (secondary N) is 1. The van der Waals surface area contributed by atoms with E-state index >= 15 is 0 Å². The zero-order valence-corrected chi connectivity index (χ0v) is 10.8. The quantitative estimate of drug-likeness (QED) is 0.829. The molecule has 0 spiro atoms. The Balaban J connectivity index is 2.70. The predicted octanol–water partition coefficient (Wildman–Crippen LogP) is 3.45. The molecule has 0 saturated heterocycles. The van der Waals surface area contributed by atoms with Crippen molar-refractivity contribution in [2.24, 2.45) is 0 Å². The number of carbonyl (C=O) groups excluding carboxylic acids is 1. The Labute approximate surface area is 105 Å². The van der Waals surface area contributed by atoms with Gasteiger partial charge in [-0.3, -0.25) is 9.63 Å². The normalized spacial score (nSPS) is 11.3. The van der Waals surface area contributed by atoms with Gasteiger partial charge in [-0.25, -0.2) is 5.48 Å². The monoisotopic (exact) mass is 261 g/mol. The summed E-state index contributed by atoms with van der Waals surface area (Å²) in [5.41, 5.74) is 2.31. The van der Waals surface area contributed by atoms with E-state index in [4.69, 9.17) is 28.0 Å². The van der Waals surface area contributed by atoms with E-state index in [-0.39, 0.29) is 5.91 Å². The fraction of sp³-hybridized carbons (Fsp3) is 0.364. The molecule has 5 heteroatoms. The van der Waals surface area contributed by atoms with Crippen LogP contribution in [0.1, 0.15) is 31.1 Å².